The Morgan fingerprint density at radius 2 is 1.73 bits per heavy atom. The number of halogens is 2. The van der Waals surface area contributed by atoms with Crippen LogP contribution in [0.5, 0.6) is 0 Å². The molecule has 2 N–H and O–H groups in total. The van der Waals surface area contributed by atoms with Crippen LogP contribution < -0.4 is 5.32 Å². The van der Waals surface area contributed by atoms with Crippen molar-refractivity contribution in [1.29, 1.82) is 0 Å². The molecule has 0 saturated carbocycles. The lowest BCUT2D eigenvalue weighted by Gasteiger charge is -2.18. The molecule has 1 rings (SSSR count). The normalized spacial score (nSPS) is 15.0. The van der Waals surface area contributed by atoms with E-state index in [2.05, 4.69) is 5.32 Å². The minimum absolute atomic E-state index is 0.0118. The van der Waals surface area contributed by atoms with E-state index >= 15 is 0 Å². The summed E-state index contributed by atoms with van der Waals surface area (Å²) < 4.78 is 25.8. The summed E-state index contributed by atoms with van der Waals surface area (Å²) in [6, 6.07) is 3.10. The van der Waals surface area contributed by atoms with E-state index in [1.807, 2.05) is 0 Å². The van der Waals surface area contributed by atoms with Crippen molar-refractivity contribution in [3.05, 3.63) is 35.4 Å². The molecule has 0 aliphatic rings. The van der Waals surface area contributed by atoms with Crippen molar-refractivity contribution in [3.8, 4) is 0 Å². The largest absolute Gasteiger partial charge is 0.395 e. The van der Waals surface area contributed by atoms with Gasteiger partial charge in [0.15, 0.2) is 0 Å². The Balaban J connectivity index is 2.77. The Labute approximate surface area is 87.9 Å². The molecule has 2 nitrogen and oxygen atoms in total. The minimum Gasteiger partial charge on any atom is -0.395 e. The third-order valence-electron chi connectivity index (χ3n) is 2.19. The standard InChI is InChI=1S/C11H15F2NO/c1-7(6-15)14-8(2)9-3-10(12)5-11(13)4-9/h3-5,7-8,14-15H,6H2,1-2H3/t7-,8+/m1/s1. The van der Waals surface area contributed by atoms with Crippen LogP contribution in [0.25, 0.3) is 0 Å². The topological polar surface area (TPSA) is 32.3 Å². The maximum Gasteiger partial charge on any atom is 0.126 e. The molecule has 4 heteroatoms. The van der Waals surface area contributed by atoms with Gasteiger partial charge in [-0.05, 0) is 31.5 Å². The molecule has 0 bridgehead atoms. The Bertz CT molecular complexity index is 310. The number of hydrogen-bond acceptors (Lipinski definition) is 2. The van der Waals surface area contributed by atoms with Crippen molar-refractivity contribution in [2.45, 2.75) is 25.9 Å². The number of aliphatic hydroxyl groups excluding tert-OH is 1. The average molecular weight is 215 g/mol. The Hall–Kier alpha value is -1.00. The summed E-state index contributed by atoms with van der Waals surface area (Å²) in [6.07, 6.45) is 0. The Kier molecular flexibility index (Phi) is 4.17. The van der Waals surface area contributed by atoms with E-state index in [-0.39, 0.29) is 18.7 Å². The van der Waals surface area contributed by atoms with Crippen molar-refractivity contribution >= 4 is 0 Å². The van der Waals surface area contributed by atoms with Crippen molar-refractivity contribution in [2.75, 3.05) is 6.61 Å². The van der Waals surface area contributed by atoms with Crippen LogP contribution in [0.2, 0.25) is 0 Å². The van der Waals surface area contributed by atoms with Gasteiger partial charge in [0.05, 0.1) is 6.61 Å². The molecule has 0 heterocycles. The molecule has 0 aromatic heterocycles. The first kappa shape index (κ1) is 12.1. The summed E-state index contributed by atoms with van der Waals surface area (Å²) in [7, 11) is 0. The van der Waals surface area contributed by atoms with E-state index in [1.165, 1.54) is 12.1 Å². The van der Waals surface area contributed by atoms with E-state index in [0.717, 1.165) is 6.07 Å². The number of benzene rings is 1. The highest BCUT2D eigenvalue weighted by Gasteiger charge is 2.10. The summed E-state index contributed by atoms with van der Waals surface area (Å²) in [5.74, 6) is -1.18. The summed E-state index contributed by atoms with van der Waals surface area (Å²) in [5.41, 5.74) is 0.535. The molecule has 0 unspecified atom stereocenters. The molecule has 0 aliphatic carbocycles. The molecule has 0 amide bonds. The molecule has 15 heavy (non-hydrogen) atoms. The van der Waals surface area contributed by atoms with E-state index < -0.39 is 11.6 Å². The lowest BCUT2D eigenvalue weighted by molar-refractivity contribution is 0.243. The van der Waals surface area contributed by atoms with Gasteiger partial charge < -0.3 is 10.4 Å². The zero-order valence-electron chi connectivity index (χ0n) is 8.80. The van der Waals surface area contributed by atoms with Gasteiger partial charge in [-0.1, -0.05) is 0 Å². The lowest BCUT2D eigenvalue weighted by atomic mass is 10.1. The zero-order chi connectivity index (χ0) is 11.4. The third kappa shape index (κ3) is 3.57. The van der Waals surface area contributed by atoms with Crippen LogP contribution in [0.3, 0.4) is 0 Å². The summed E-state index contributed by atoms with van der Waals surface area (Å²) in [4.78, 5) is 0. The molecule has 84 valence electrons. The van der Waals surface area contributed by atoms with Crippen LogP contribution in [0.1, 0.15) is 25.5 Å². The first-order chi connectivity index (χ1) is 7.02. The molecule has 0 radical (unpaired) electrons. The molecule has 1 aromatic carbocycles. The van der Waals surface area contributed by atoms with Crippen LogP contribution in [0.4, 0.5) is 8.78 Å². The fourth-order valence-electron chi connectivity index (χ4n) is 1.40. The number of aliphatic hydroxyl groups is 1. The van der Waals surface area contributed by atoms with Gasteiger partial charge in [0.2, 0.25) is 0 Å². The van der Waals surface area contributed by atoms with Crippen molar-refractivity contribution in [3.63, 3.8) is 0 Å². The Morgan fingerprint density at radius 1 is 1.20 bits per heavy atom. The molecule has 0 aliphatic heterocycles. The van der Waals surface area contributed by atoms with Gasteiger partial charge in [-0.25, -0.2) is 8.78 Å². The van der Waals surface area contributed by atoms with Crippen molar-refractivity contribution < 1.29 is 13.9 Å². The van der Waals surface area contributed by atoms with Crippen LogP contribution in [-0.2, 0) is 0 Å². The van der Waals surface area contributed by atoms with Gasteiger partial charge in [0, 0.05) is 18.2 Å². The second-order valence-electron chi connectivity index (χ2n) is 3.67. The highest BCUT2D eigenvalue weighted by Crippen LogP contribution is 2.16. The van der Waals surface area contributed by atoms with Gasteiger partial charge in [-0.2, -0.15) is 0 Å². The molecule has 2 atom stereocenters. The molecule has 0 saturated heterocycles. The van der Waals surface area contributed by atoms with Crippen molar-refractivity contribution in [1.82, 2.24) is 5.32 Å². The number of hydrogen-bond donors (Lipinski definition) is 2. The quantitative estimate of drug-likeness (QED) is 0.805. The minimum atomic E-state index is -0.588. The van der Waals surface area contributed by atoms with Gasteiger partial charge >= 0.3 is 0 Å². The fraction of sp³-hybridized carbons (Fsp3) is 0.455. The van der Waals surface area contributed by atoms with Gasteiger partial charge in [0.25, 0.3) is 0 Å². The summed E-state index contributed by atoms with van der Waals surface area (Å²) in [6.45, 7) is 3.58. The number of rotatable bonds is 4. The van der Waals surface area contributed by atoms with Crippen LogP contribution in [0, 0.1) is 11.6 Å². The SMILES string of the molecule is C[C@H](CO)N[C@@H](C)c1cc(F)cc(F)c1. The molecule has 0 spiro atoms. The fourth-order valence-corrected chi connectivity index (χ4v) is 1.40. The smallest absolute Gasteiger partial charge is 0.126 e. The van der Waals surface area contributed by atoms with E-state index in [4.69, 9.17) is 5.11 Å². The van der Waals surface area contributed by atoms with Gasteiger partial charge in [0.1, 0.15) is 11.6 Å². The second kappa shape index (κ2) is 5.19. The average Bonchev–Trinajstić information content (AvgIpc) is 2.16. The third-order valence-corrected chi connectivity index (χ3v) is 2.19. The molecule has 1 aromatic rings. The van der Waals surface area contributed by atoms with E-state index in [1.54, 1.807) is 13.8 Å². The van der Waals surface area contributed by atoms with Crippen LogP contribution in [0.15, 0.2) is 18.2 Å². The second-order valence-corrected chi connectivity index (χ2v) is 3.67. The first-order valence-electron chi connectivity index (χ1n) is 4.86. The van der Waals surface area contributed by atoms with Crippen LogP contribution >= 0.6 is 0 Å². The maximum absolute atomic E-state index is 12.9. The van der Waals surface area contributed by atoms with Crippen molar-refractivity contribution in [2.24, 2.45) is 0 Å². The lowest BCUT2D eigenvalue weighted by Crippen LogP contribution is -2.31. The maximum atomic E-state index is 12.9. The van der Waals surface area contributed by atoms with Crippen LogP contribution in [-0.4, -0.2) is 17.8 Å². The predicted molar refractivity (Wildman–Crippen MR) is 54.5 cm³/mol. The predicted octanol–water partition coefficient (Wildman–Crippen LogP) is 2.00. The van der Waals surface area contributed by atoms with Gasteiger partial charge in [-0.15, -0.1) is 0 Å². The Morgan fingerprint density at radius 3 is 2.20 bits per heavy atom. The first-order valence-corrected chi connectivity index (χ1v) is 4.86. The summed E-state index contributed by atoms with van der Waals surface area (Å²) in [5, 5.41) is 11.8. The number of nitrogens with one attached hydrogen (secondary N) is 1. The van der Waals surface area contributed by atoms with Gasteiger partial charge in [-0.3, -0.25) is 0 Å². The highest BCUT2D eigenvalue weighted by atomic mass is 19.1. The monoisotopic (exact) mass is 215 g/mol. The molecule has 0 fully saturated rings. The molecular formula is C11H15F2NO. The highest BCUT2D eigenvalue weighted by molar-refractivity contribution is 5.20. The molecular weight excluding hydrogens is 200 g/mol. The summed E-state index contributed by atoms with van der Waals surface area (Å²) >= 11 is 0. The van der Waals surface area contributed by atoms with E-state index in [9.17, 15) is 8.78 Å². The van der Waals surface area contributed by atoms with E-state index in [0.29, 0.717) is 5.56 Å². The zero-order valence-corrected chi connectivity index (χ0v) is 8.80.